The second-order valence-corrected chi connectivity index (χ2v) is 5.73. The molecule has 0 aliphatic carbocycles. The van der Waals surface area contributed by atoms with Crippen LogP contribution in [-0.2, 0) is 9.84 Å². The standard InChI is InChI=1S/C10H13NO2S/c1-8(2)14(12,13)10(11)9-6-4-3-5-7-9/h3-8,11H,1-2H3. The predicted molar refractivity (Wildman–Crippen MR) is 57.3 cm³/mol. The van der Waals surface area contributed by atoms with Gasteiger partial charge < -0.3 is 0 Å². The fourth-order valence-corrected chi connectivity index (χ4v) is 1.93. The highest BCUT2D eigenvalue weighted by atomic mass is 32.2. The Balaban J connectivity index is 3.10. The van der Waals surface area contributed by atoms with Gasteiger partial charge in [-0.05, 0) is 13.8 Å². The van der Waals surface area contributed by atoms with E-state index in [0.717, 1.165) is 0 Å². The summed E-state index contributed by atoms with van der Waals surface area (Å²) in [7, 11) is -3.45. The molecule has 0 unspecified atom stereocenters. The summed E-state index contributed by atoms with van der Waals surface area (Å²) in [4.78, 5) is 0. The number of sulfone groups is 1. The zero-order valence-electron chi connectivity index (χ0n) is 8.19. The highest BCUT2D eigenvalue weighted by Gasteiger charge is 2.23. The molecule has 14 heavy (non-hydrogen) atoms. The van der Waals surface area contributed by atoms with Gasteiger partial charge in [-0.2, -0.15) is 0 Å². The van der Waals surface area contributed by atoms with Gasteiger partial charge in [0.2, 0.25) is 0 Å². The minimum atomic E-state index is -3.45. The summed E-state index contributed by atoms with van der Waals surface area (Å²) in [5.41, 5.74) is 0.446. The van der Waals surface area contributed by atoms with Crippen LogP contribution >= 0.6 is 0 Å². The van der Waals surface area contributed by atoms with E-state index in [2.05, 4.69) is 0 Å². The molecule has 0 spiro atoms. The molecule has 1 aromatic carbocycles. The van der Waals surface area contributed by atoms with Gasteiger partial charge in [0.15, 0.2) is 14.9 Å². The summed E-state index contributed by atoms with van der Waals surface area (Å²) in [6.07, 6.45) is 0. The maximum absolute atomic E-state index is 11.6. The van der Waals surface area contributed by atoms with Crippen LogP contribution in [0.5, 0.6) is 0 Å². The predicted octanol–water partition coefficient (Wildman–Crippen LogP) is 1.84. The van der Waals surface area contributed by atoms with Crippen LogP contribution in [0.3, 0.4) is 0 Å². The fourth-order valence-electron chi connectivity index (χ4n) is 0.989. The molecule has 0 radical (unpaired) electrons. The summed E-state index contributed by atoms with van der Waals surface area (Å²) < 4.78 is 23.2. The molecule has 0 saturated heterocycles. The first-order valence-electron chi connectivity index (χ1n) is 4.34. The summed E-state index contributed by atoms with van der Waals surface area (Å²) >= 11 is 0. The van der Waals surface area contributed by atoms with Crippen molar-refractivity contribution in [1.29, 1.82) is 5.41 Å². The zero-order valence-corrected chi connectivity index (χ0v) is 9.01. The maximum atomic E-state index is 11.6. The van der Waals surface area contributed by atoms with E-state index < -0.39 is 15.1 Å². The van der Waals surface area contributed by atoms with Crippen molar-refractivity contribution in [1.82, 2.24) is 0 Å². The lowest BCUT2D eigenvalue weighted by Crippen LogP contribution is -2.23. The van der Waals surface area contributed by atoms with Crippen molar-refractivity contribution in [2.24, 2.45) is 0 Å². The molecule has 4 heteroatoms. The van der Waals surface area contributed by atoms with E-state index in [0.29, 0.717) is 5.56 Å². The third-order valence-corrected chi connectivity index (χ3v) is 3.99. The van der Waals surface area contributed by atoms with Crippen LogP contribution in [-0.4, -0.2) is 18.7 Å². The van der Waals surface area contributed by atoms with Gasteiger partial charge in [-0.1, -0.05) is 30.3 Å². The van der Waals surface area contributed by atoms with Crippen molar-refractivity contribution in [2.45, 2.75) is 19.1 Å². The molecule has 0 fully saturated rings. The lowest BCUT2D eigenvalue weighted by Gasteiger charge is -2.08. The van der Waals surface area contributed by atoms with Gasteiger partial charge >= 0.3 is 0 Å². The van der Waals surface area contributed by atoms with Gasteiger partial charge in [-0.3, -0.25) is 5.41 Å². The van der Waals surface area contributed by atoms with E-state index >= 15 is 0 Å². The van der Waals surface area contributed by atoms with Crippen molar-refractivity contribution >= 4 is 14.9 Å². The van der Waals surface area contributed by atoms with E-state index in [9.17, 15) is 8.42 Å². The van der Waals surface area contributed by atoms with Crippen molar-refractivity contribution < 1.29 is 8.42 Å². The van der Waals surface area contributed by atoms with Crippen molar-refractivity contribution in [3.8, 4) is 0 Å². The van der Waals surface area contributed by atoms with E-state index in [1.165, 1.54) is 0 Å². The first-order valence-corrected chi connectivity index (χ1v) is 5.88. The largest absolute Gasteiger partial charge is 0.289 e. The molecule has 1 aromatic rings. The Kier molecular flexibility index (Phi) is 3.06. The number of hydrogen-bond acceptors (Lipinski definition) is 3. The van der Waals surface area contributed by atoms with Gasteiger partial charge in [-0.15, -0.1) is 0 Å². The highest BCUT2D eigenvalue weighted by molar-refractivity contribution is 8.07. The average Bonchev–Trinajstić information content (AvgIpc) is 2.17. The van der Waals surface area contributed by atoms with Crippen molar-refractivity contribution in [3.63, 3.8) is 0 Å². The summed E-state index contributed by atoms with van der Waals surface area (Å²) in [5.74, 6) is 0. The lowest BCUT2D eigenvalue weighted by molar-refractivity contribution is 0.599. The lowest BCUT2D eigenvalue weighted by atomic mass is 10.2. The molecule has 0 heterocycles. The molecule has 1 N–H and O–H groups in total. The maximum Gasteiger partial charge on any atom is 0.197 e. The zero-order chi connectivity index (χ0) is 10.8. The molecular formula is C10H13NO2S. The SMILES string of the molecule is CC(C)S(=O)(=O)C(=N)c1ccccc1. The average molecular weight is 211 g/mol. The fraction of sp³-hybridized carbons (Fsp3) is 0.300. The summed E-state index contributed by atoms with van der Waals surface area (Å²) in [6, 6.07) is 8.49. The number of hydrogen-bond donors (Lipinski definition) is 1. The molecule has 0 saturated carbocycles. The number of benzene rings is 1. The van der Waals surface area contributed by atoms with Crippen LogP contribution < -0.4 is 0 Å². The first kappa shape index (κ1) is 10.9. The Labute approximate surface area is 84.2 Å². The van der Waals surface area contributed by atoms with E-state index in [-0.39, 0.29) is 5.04 Å². The Morgan fingerprint density at radius 2 is 1.71 bits per heavy atom. The van der Waals surface area contributed by atoms with Crippen LogP contribution in [0.15, 0.2) is 30.3 Å². The molecular weight excluding hydrogens is 198 g/mol. The van der Waals surface area contributed by atoms with E-state index in [1.807, 2.05) is 0 Å². The number of nitrogens with one attached hydrogen (secondary N) is 1. The summed E-state index contributed by atoms with van der Waals surface area (Å²) in [6.45, 7) is 3.15. The molecule has 0 bridgehead atoms. The van der Waals surface area contributed by atoms with Crippen LogP contribution in [0.4, 0.5) is 0 Å². The molecule has 1 rings (SSSR count). The van der Waals surface area contributed by atoms with Crippen LogP contribution in [0.25, 0.3) is 0 Å². The van der Waals surface area contributed by atoms with E-state index in [4.69, 9.17) is 5.41 Å². The highest BCUT2D eigenvalue weighted by Crippen LogP contribution is 2.10. The molecule has 0 aromatic heterocycles. The van der Waals surface area contributed by atoms with Gasteiger partial charge in [0.25, 0.3) is 0 Å². The molecule has 0 atom stereocenters. The topological polar surface area (TPSA) is 58.0 Å². The smallest absolute Gasteiger partial charge is 0.197 e. The van der Waals surface area contributed by atoms with Crippen molar-refractivity contribution in [2.75, 3.05) is 0 Å². The third-order valence-electron chi connectivity index (χ3n) is 1.94. The quantitative estimate of drug-likeness (QED) is 0.599. The monoisotopic (exact) mass is 211 g/mol. The molecule has 0 aliphatic heterocycles. The Morgan fingerprint density at radius 3 is 2.14 bits per heavy atom. The molecule has 76 valence electrons. The van der Waals surface area contributed by atoms with Crippen molar-refractivity contribution in [3.05, 3.63) is 35.9 Å². The molecule has 3 nitrogen and oxygen atoms in total. The van der Waals surface area contributed by atoms with Crippen LogP contribution in [0, 0.1) is 5.41 Å². The summed E-state index contributed by atoms with van der Waals surface area (Å²) in [5, 5.41) is 6.73. The Morgan fingerprint density at radius 1 is 1.21 bits per heavy atom. The molecule has 0 amide bonds. The van der Waals surface area contributed by atoms with Crippen LogP contribution in [0.1, 0.15) is 19.4 Å². The van der Waals surface area contributed by atoms with Crippen LogP contribution in [0.2, 0.25) is 0 Å². The number of rotatable bonds is 2. The Bertz CT molecular complexity index is 421. The Hall–Kier alpha value is -1.16. The van der Waals surface area contributed by atoms with Gasteiger partial charge in [-0.25, -0.2) is 8.42 Å². The van der Waals surface area contributed by atoms with Gasteiger partial charge in [0, 0.05) is 5.56 Å². The molecule has 0 aliphatic rings. The minimum Gasteiger partial charge on any atom is -0.289 e. The first-order chi connectivity index (χ1) is 6.46. The second kappa shape index (κ2) is 3.92. The van der Waals surface area contributed by atoms with Gasteiger partial charge in [0.1, 0.15) is 0 Å². The third kappa shape index (κ3) is 2.01. The second-order valence-electron chi connectivity index (χ2n) is 3.29. The minimum absolute atomic E-state index is 0.298. The van der Waals surface area contributed by atoms with Gasteiger partial charge in [0.05, 0.1) is 5.25 Å². The normalized spacial score (nSPS) is 11.6. The van der Waals surface area contributed by atoms with E-state index in [1.54, 1.807) is 44.2 Å².